The van der Waals surface area contributed by atoms with E-state index >= 15 is 0 Å². The summed E-state index contributed by atoms with van der Waals surface area (Å²) >= 11 is 0. The Morgan fingerprint density at radius 1 is 1.61 bits per heavy atom. The highest BCUT2D eigenvalue weighted by molar-refractivity contribution is 5.75. The first-order valence-electron chi connectivity index (χ1n) is 4.39. The summed E-state index contributed by atoms with van der Waals surface area (Å²) in [6, 6.07) is 1.38. The Bertz CT molecular complexity index is 522. The fourth-order valence-corrected chi connectivity index (χ4v) is 1.15. The third-order valence-corrected chi connectivity index (χ3v) is 1.82. The van der Waals surface area contributed by atoms with Gasteiger partial charge in [0.1, 0.15) is 6.07 Å². The Hall–Kier alpha value is -2.50. The number of aromatic nitrogens is 1. The lowest BCUT2D eigenvalue weighted by Crippen LogP contribution is -2.20. The van der Waals surface area contributed by atoms with Crippen LogP contribution in [0.15, 0.2) is 6.20 Å². The zero-order valence-corrected chi connectivity index (χ0v) is 8.65. The van der Waals surface area contributed by atoms with Crippen molar-refractivity contribution in [2.75, 3.05) is 5.73 Å². The molecule has 96 valence electrons. The number of halogens is 3. The minimum Gasteiger partial charge on any atom is -0.481 e. The summed E-state index contributed by atoms with van der Waals surface area (Å²) in [5.74, 6) is -2.28. The number of ether oxygens (including phenoxy) is 1. The number of rotatable bonds is 3. The first-order chi connectivity index (χ1) is 8.24. The zero-order valence-electron chi connectivity index (χ0n) is 8.65. The SMILES string of the molecule is N#Cc1ncc(CC(=O)O)c(N)c1OC(F)(F)F. The average Bonchev–Trinajstić information content (AvgIpc) is 2.22. The van der Waals surface area contributed by atoms with Crippen molar-refractivity contribution in [2.45, 2.75) is 12.8 Å². The molecule has 0 saturated heterocycles. The Morgan fingerprint density at radius 3 is 2.67 bits per heavy atom. The molecule has 0 unspecified atom stereocenters. The summed E-state index contributed by atoms with van der Waals surface area (Å²) in [4.78, 5) is 13.8. The van der Waals surface area contributed by atoms with Crippen LogP contribution in [0.25, 0.3) is 0 Å². The largest absolute Gasteiger partial charge is 0.573 e. The van der Waals surface area contributed by atoms with Crippen LogP contribution in [0.2, 0.25) is 0 Å². The number of pyridine rings is 1. The van der Waals surface area contributed by atoms with Crippen LogP contribution in [-0.2, 0) is 11.2 Å². The number of hydrogen-bond donors (Lipinski definition) is 2. The second-order valence-electron chi connectivity index (χ2n) is 3.10. The van der Waals surface area contributed by atoms with E-state index in [1.54, 1.807) is 0 Å². The van der Waals surface area contributed by atoms with Gasteiger partial charge in [0, 0.05) is 11.8 Å². The van der Waals surface area contributed by atoms with Crippen molar-refractivity contribution in [1.29, 1.82) is 5.26 Å². The van der Waals surface area contributed by atoms with E-state index in [-0.39, 0.29) is 5.56 Å². The number of alkyl halides is 3. The van der Waals surface area contributed by atoms with Gasteiger partial charge < -0.3 is 15.6 Å². The summed E-state index contributed by atoms with van der Waals surface area (Å²) in [6.07, 6.45) is -4.76. The standard InChI is InChI=1S/C9H6F3N3O3/c10-9(11,12)18-8-5(2-13)15-3-4(7(8)14)1-6(16)17/h3H,1H2,(H2,14,15)(H,16,17). The van der Waals surface area contributed by atoms with E-state index in [1.165, 1.54) is 6.07 Å². The van der Waals surface area contributed by atoms with Crippen molar-refractivity contribution in [3.8, 4) is 11.8 Å². The van der Waals surface area contributed by atoms with E-state index in [1.807, 2.05) is 0 Å². The normalized spacial score (nSPS) is 10.8. The number of carbonyl (C=O) groups is 1. The van der Waals surface area contributed by atoms with E-state index in [0.717, 1.165) is 6.20 Å². The summed E-state index contributed by atoms with van der Waals surface area (Å²) in [5.41, 5.74) is 3.93. The third-order valence-electron chi connectivity index (χ3n) is 1.82. The molecule has 0 fully saturated rings. The minimum absolute atomic E-state index is 0.166. The smallest absolute Gasteiger partial charge is 0.481 e. The monoisotopic (exact) mass is 261 g/mol. The maximum atomic E-state index is 12.1. The Kier molecular flexibility index (Phi) is 3.61. The maximum absolute atomic E-state index is 12.1. The highest BCUT2D eigenvalue weighted by atomic mass is 19.4. The van der Waals surface area contributed by atoms with Gasteiger partial charge in [0.25, 0.3) is 0 Å². The van der Waals surface area contributed by atoms with Gasteiger partial charge in [-0.1, -0.05) is 0 Å². The minimum atomic E-state index is -5.05. The van der Waals surface area contributed by atoms with Gasteiger partial charge in [-0.3, -0.25) is 4.79 Å². The van der Waals surface area contributed by atoms with Gasteiger partial charge in [-0.2, -0.15) is 5.26 Å². The van der Waals surface area contributed by atoms with Gasteiger partial charge in [-0.05, 0) is 0 Å². The molecule has 18 heavy (non-hydrogen) atoms. The summed E-state index contributed by atoms with van der Waals surface area (Å²) in [6.45, 7) is 0. The molecule has 0 aliphatic rings. The predicted molar refractivity (Wildman–Crippen MR) is 51.4 cm³/mol. The maximum Gasteiger partial charge on any atom is 0.573 e. The van der Waals surface area contributed by atoms with Gasteiger partial charge in [0.2, 0.25) is 0 Å². The molecule has 0 radical (unpaired) electrons. The van der Waals surface area contributed by atoms with Crippen LogP contribution in [-0.4, -0.2) is 22.4 Å². The van der Waals surface area contributed by atoms with Crippen LogP contribution in [0, 0.1) is 11.3 Å². The highest BCUT2D eigenvalue weighted by Gasteiger charge is 2.34. The van der Waals surface area contributed by atoms with Crippen LogP contribution < -0.4 is 10.5 Å². The lowest BCUT2D eigenvalue weighted by Gasteiger charge is -2.13. The molecular weight excluding hydrogens is 255 g/mol. The van der Waals surface area contributed by atoms with E-state index in [0.29, 0.717) is 0 Å². The topological polar surface area (TPSA) is 109 Å². The fraction of sp³-hybridized carbons (Fsp3) is 0.222. The molecule has 1 aromatic heterocycles. The van der Waals surface area contributed by atoms with Gasteiger partial charge >= 0.3 is 12.3 Å². The van der Waals surface area contributed by atoms with Crippen LogP contribution >= 0.6 is 0 Å². The molecule has 1 rings (SSSR count). The Balaban J connectivity index is 3.28. The van der Waals surface area contributed by atoms with E-state index in [4.69, 9.17) is 16.1 Å². The molecule has 3 N–H and O–H groups in total. The van der Waals surface area contributed by atoms with E-state index < -0.39 is 35.9 Å². The van der Waals surface area contributed by atoms with Crippen molar-refractivity contribution in [3.63, 3.8) is 0 Å². The third kappa shape index (κ3) is 3.24. The molecule has 0 atom stereocenters. The second-order valence-corrected chi connectivity index (χ2v) is 3.10. The molecule has 0 aliphatic heterocycles. The molecule has 0 bridgehead atoms. The number of nitrogens with zero attached hydrogens (tertiary/aromatic N) is 2. The number of nitrogen functional groups attached to an aromatic ring is 1. The Morgan fingerprint density at radius 2 is 2.22 bits per heavy atom. The van der Waals surface area contributed by atoms with Crippen molar-refractivity contribution in [1.82, 2.24) is 4.98 Å². The van der Waals surface area contributed by atoms with Crippen LogP contribution in [0.3, 0.4) is 0 Å². The van der Waals surface area contributed by atoms with Crippen molar-refractivity contribution in [3.05, 3.63) is 17.5 Å². The van der Waals surface area contributed by atoms with E-state index in [2.05, 4.69) is 9.72 Å². The van der Waals surface area contributed by atoms with Crippen LogP contribution in [0.5, 0.6) is 5.75 Å². The Labute approximate surface area is 98.4 Å². The van der Waals surface area contributed by atoms with Crippen molar-refractivity contribution in [2.24, 2.45) is 0 Å². The number of nitrogens with two attached hydrogens (primary N) is 1. The second kappa shape index (κ2) is 4.79. The zero-order chi connectivity index (χ0) is 13.9. The number of anilines is 1. The van der Waals surface area contributed by atoms with Crippen LogP contribution in [0.4, 0.5) is 18.9 Å². The molecular formula is C9H6F3N3O3. The molecule has 1 heterocycles. The van der Waals surface area contributed by atoms with E-state index in [9.17, 15) is 18.0 Å². The molecule has 0 aliphatic carbocycles. The number of hydrogen-bond acceptors (Lipinski definition) is 5. The lowest BCUT2D eigenvalue weighted by molar-refractivity contribution is -0.274. The molecule has 0 aromatic carbocycles. The quantitative estimate of drug-likeness (QED) is 0.841. The van der Waals surface area contributed by atoms with Gasteiger partial charge in [-0.15, -0.1) is 13.2 Å². The first-order valence-corrected chi connectivity index (χ1v) is 4.39. The molecule has 6 nitrogen and oxygen atoms in total. The van der Waals surface area contributed by atoms with Gasteiger partial charge in [0.05, 0.1) is 12.1 Å². The fourth-order valence-electron chi connectivity index (χ4n) is 1.15. The molecule has 1 aromatic rings. The first kappa shape index (κ1) is 13.6. The molecule has 9 heteroatoms. The van der Waals surface area contributed by atoms with Gasteiger partial charge in [-0.25, -0.2) is 4.98 Å². The molecule has 0 spiro atoms. The highest BCUT2D eigenvalue weighted by Crippen LogP contribution is 2.33. The predicted octanol–water partition coefficient (Wildman–Crippen LogP) is 1.06. The summed E-state index contributed by atoms with van der Waals surface area (Å²) in [5, 5.41) is 17.1. The van der Waals surface area contributed by atoms with Crippen LogP contribution in [0.1, 0.15) is 11.3 Å². The molecule has 0 amide bonds. The molecule has 0 saturated carbocycles. The number of nitriles is 1. The number of aliphatic carboxylic acids is 1. The number of carboxylic acids is 1. The van der Waals surface area contributed by atoms with Crippen molar-refractivity contribution >= 4 is 11.7 Å². The average molecular weight is 261 g/mol. The summed E-state index contributed by atoms with van der Waals surface area (Å²) in [7, 11) is 0. The summed E-state index contributed by atoms with van der Waals surface area (Å²) < 4.78 is 39.9. The number of carboxylic acid groups (broad SMARTS) is 1. The van der Waals surface area contributed by atoms with Crippen molar-refractivity contribution < 1.29 is 27.8 Å². The lowest BCUT2D eigenvalue weighted by atomic mass is 10.1. The van der Waals surface area contributed by atoms with Gasteiger partial charge in [0.15, 0.2) is 11.4 Å².